The summed E-state index contributed by atoms with van der Waals surface area (Å²) in [5.41, 5.74) is 5.82. The van der Waals surface area contributed by atoms with Gasteiger partial charge >= 0.3 is 0 Å². The van der Waals surface area contributed by atoms with Crippen LogP contribution in [0.25, 0.3) is 0 Å². The number of nitrogens with one attached hydrogen (secondary N) is 4. The summed E-state index contributed by atoms with van der Waals surface area (Å²) in [5.74, 6) is -1.06. The number of unbranched alkanes of at least 4 members (excludes halogenated alkanes) is 1. The maximum atomic E-state index is 11.5. The number of ketones is 1. The summed E-state index contributed by atoms with van der Waals surface area (Å²) in [6.07, 6.45) is 1.50. The summed E-state index contributed by atoms with van der Waals surface area (Å²) in [7, 11) is 1.87. The van der Waals surface area contributed by atoms with E-state index < -0.39 is 24.1 Å². The van der Waals surface area contributed by atoms with Gasteiger partial charge < -0.3 is 26.8 Å². The number of hydrogen-bond acceptors (Lipinski definition) is 7. The van der Waals surface area contributed by atoms with Crippen LogP contribution in [0, 0.1) is 0 Å². The van der Waals surface area contributed by atoms with Crippen LogP contribution >= 0.6 is 0 Å². The van der Waals surface area contributed by atoms with Crippen molar-refractivity contribution in [2.24, 2.45) is 5.73 Å². The molecular formula is C14H29N5O4. The molecule has 0 aliphatic heterocycles. The highest BCUT2D eigenvalue weighted by atomic mass is 16.3. The van der Waals surface area contributed by atoms with Crippen LogP contribution in [-0.4, -0.2) is 68.2 Å². The van der Waals surface area contributed by atoms with Gasteiger partial charge in [-0.05, 0) is 33.4 Å². The third kappa shape index (κ3) is 12.7. The zero-order valence-electron chi connectivity index (χ0n) is 13.9. The molecule has 9 nitrogen and oxygen atoms in total. The first-order valence-corrected chi connectivity index (χ1v) is 7.71. The van der Waals surface area contributed by atoms with Gasteiger partial charge in [0.05, 0.1) is 19.6 Å². The van der Waals surface area contributed by atoms with Crippen molar-refractivity contribution >= 4 is 17.6 Å². The molecule has 2 atom stereocenters. The number of carbonyl (C=O) groups is 3. The van der Waals surface area contributed by atoms with Crippen LogP contribution in [0.2, 0.25) is 0 Å². The number of amides is 2. The van der Waals surface area contributed by atoms with Crippen LogP contribution in [0.3, 0.4) is 0 Å². The van der Waals surface area contributed by atoms with Gasteiger partial charge in [-0.25, -0.2) is 0 Å². The molecule has 2 amide bonds. The van der Waals surface area contributed by atoms with E-state index in [1.165, 1.54) is 6.92 Å². The second kappa shape index (κ2) is 12.9. The van der Waals surface area contributed by atoms with Gasteiger partial charge in [0.1, 0.15) is 12.0 Å². The Hall–Kier alpha value is -1.55. The largest absolute Gasteiger partial charge is 0.377 e. The molecule has 0 aliphatic carbocycles. The first kappa shape index (κ1) is 21.4. The Morgan fingerprint density at radius 2 is 1.65 bits per heavy atom. The number of carbonyl (C=O) groups excluding carboxylic acids is 3. The fourth-order valence-electron chi connectivity index (χ4n) is 1.72. The van der Waals surface area contributed by atoms with Gasteiger partial charge in [0.25, 0.3) is 0 Å². The lowest BCUT2D eigenvalue weighted by Crippen LogP contribution is -2.49. The maximum absolute atomic E-state index is 11.5. The number of Topliss-reactive ketones (excluding diaryl/α,β-unsaturated/α-hetero) is 1. The van der Waals surface area contributed by atoms with Gasteiger partial charge in [-0.3, -0.25) is 19.7 Å². The third-order valence-corrected chi connectivity index (χ3v) is 3.07. The van der Waals surface area contributed by atoms with Crippen molar-refractivity contribution in [2.75, 3.05) is 33.2 Å². The minimum Gasteiger partial charge on any atom is -0.377 e. The van der Waals surface area contributed by atoms with Crippen molar-refractivity contribution in [1.29, 1.82) is 0 Å². The average Bonchev–Trinajstić information content (AvgIpc) is 2.52. The summed E-state index contributed by atoms with van der Waals surface area (Å²) >= 11 is 0. The van der Waals surface area contributed by atoms with Crippen molar-refractivity contribution < 1.29 is 19.5 Å². The molecule has 0 radical (unpaired) electrons. The fourth-order valence-corrected chi connectivity index (χ4v) is 1.72. The van der Waals surface area contributed by atoms with E-state index in [9.17, 15) is 19.5 Å². The molecule has 9 heteroatoms. The van der Waals surface area contributed by atoms with Crippen LogP contribution < -0.4 is 27.0 Å². The summed E-state index contributed by atoms with van der Waals surface area (Å²) < 4.78 is 0. The minimum atomic E-state index is -0.984. The van der Waals surface area contributed by atoms with Crippen LogP contribution in [0.5, 0.6) is 0 Å². The van der Waals surface area contributed by atoms with E-state index in [-0.39, 0.29) is 25.4 Å². The maximum Gasteiger partial charge on any atom is 0.239 e. The molecule has 0 heterocycles. The molecule has 134 valence electrons. The normalized spacial score (nSPS) is 13.2. The fraction of sp³-hybridized carbons (Fsp3) is 0.786. The molecule has 0 saturated carbocycles. The van der Waals surface area contributed by atoms with Gasteiger partial charge in [-0.15, -0.1) is 0 Å². The number of rotatable bonds is 13. The predicted molar refractivity (Wildman–Crippen MR) is 86.5 cm³/mol. The van der Waals surface area contributed by atoms with Crippen LogP contribution in [0.15, 0.2) is 0 Å². The van der Waals surface area contributed by atoms with Crippen molar-refractivity contribution in [3.63, 3.8) is 0 Å². The molecule has 0 aromatic heterocycles. The third-order valence-electron chi connectivity index (χ3n) is 3.07. The Morgan fingerprint density at radius 3 is 2.26 bits per heavy atom. The van der Waals surface area contributed by atoms with E-state index in [2.05, 4.69) is 21.3 Å². The highest BCUT2D eigenvalue weighted by molar-refractivity contribution is 5.88. The smallest absolute Gasteiger partial charge is 0.239 e. The molecule has 0 saturated heterocycles. The lowest BCUT2D eigenvalue weighted by molar-refractivity contribution is -0.126. The van der Waals surface area contributed by atoms with E-state index in [0.717, 1.165) is 19.4 Å². The van der Waals surface area contributed by atoms with Gasteiger partial charge in [0.2, 0.25) is 11.8 Å². The summed E-state index contributed by atoms with van der Waals surface area (Å²) in [6.45, 7) is 1.82. The SMILES string of the molecule is CNCCCC[C@H](N)C(O)NCC(=O)NCC(=O)NCC(C)=O. The zero-order valence-corrected chi connectivity index (χ0v) is 13.9. The molecular weight excluding hydrogens is 302 g/mol. The second-order valence-electron chi connectivity index (χ2n) is 5.34. The predicted octanol–water partition coefficient (Wildman–Crippen LogP) is -2.57. The molecule has 23 heavy (non-hydrogen) atoms. The minimum absolute atomic E-state index is 0.0614. The Labute approximate surface area is 136 Å². The van der Waals surface area contributed by atoms with Crippen LogP contribution in [0.1, 0.15) is 26.2 Å². The Morgan fingerprint density at radius 1 is 1.04 bits per heavy atom. The molecule has 7 N–H and O–H groups in total. The van der Waals surface area contributed by atoms with Gasteiger partial charge in [0.15, 0.2) is 0 Å². The van der Waals surface area contributed by atoms with Crippen molar-refractivity contribution in [3.05, 3.63) is 0 Å². The van der Waals surface area contributed by atoms with Crippen molar-refractivity contribution in [2.45, 2.75) is 38.5 Å². The van der Waals surface area contributed by atoms with Crippen LogP contribution in [-0.2, 0) is 14.4 Å². The van der Waals surface area contributed by atoms with Gasteiger partial charge in [0, 0.05) is 6.04 Å². The quantitative estimate of drug-likeness (QED) is 0.161. The standard InChI is InChI=1S/C14H29N5O4/c1-10(20)7-17-12(21)8-18-13(22)9-19-14(23)11(15)5-3-4-6-16-2/h11,14,16,19,23H,3-9,15H2,1-2H3,(H,17,21)(H,18,22)/t11-,14?/m0/s1. The Bertz CT molecular complexity index is 378. The van der Waals surface area contributed by atoms with Crippen LogP contribution in [0.4, 0.5) is 0 Å². The number of aliphatic hydroxyl groups is 1. The lowest BCUT2D eigenvalue weighted by atomic mass is 10.1. The van der Waals surface area contributed by atoms with Crippen molar-refractivity contribution in [3.8, 4) is 0 Å². The first-order valence-electron chi connectivity index (χ1n) is 7.71. The number of hydrogen-bond donors (Lipinski definition) is 6. The van der Waals surface area contributed by atoms with E-state index in [1.54, 1.807) is 0 Å². The van der Waals surface area contributed by atoms with E-state index in [4.69, 9.17) is 5.73 Å². The zero-order chi connectivity index (χ0) is 17.7. The van der Waals surface area contributed by atoms with Gasteiger partial charge in [-0.2, -0.15) is 0 Å². The molecule has 0 bridgehead atoms. The highest BCUT2D eigenvalue weighted by Gasteiger charge is 2.15. The monoisotopic (exact) mass is 331 g/mol. The van der Waals surface area contributed by atoms with E-state index in [1.807, 2.05) is 7.05 Å². The molecule has 0 aliphatic rings. The molecule has 0 aromatic rings. The Balaban J connectivity index is 3.77. The van der Waals surface area contributed by atoms with E-state index >= 15 is 0 Å². The van der Waals surface area contributed by atoms with E-state index in [0.29, 0.717) is 6.42 Å². The summed E-state index contributed by atoms with van der Waals surface area (Å²) in [6, 6.07) is -0.460. The molecule has 0 fully saturated rings. The number of nitrogens with two attached hydrogens (primary N) is 1. The van der Waals surface area contributed by atoms with Crippen molar-refractivity contribution in [1.82, 2.24) is 21.3 Å². The molecule has 1 unspecified atom stereocenters. The molecule has 0 aromatic carbocycles. The van der Waals surface area contributed by atoms with Gasteiger partial charge in [-0.1, -0.05) is 6.42 Å². The number of aliphatic hydroxyl groups excluding tert-OH is 1. The summed E-state index contributed by atoms with van der Waals surface area (Å²) in [4.78, 5) is 33.5. The second-order valence-corrected chi connectivity index (χ2v) is 5.34. The topological polar surface area (TPSA) is 146 Å². The first-order chi connectivity index (χ1) is 10.9. The Kier molecular flexibility index (Phi) is 12.1. The average molecular weight is 331 g/mol. The lowest BCUT2D eigenvalue weighted by Gasteiger charge is -2.19. The highest BCUT2D eigenvalue weighted by Crippen LogP contribution is 2.00. The summed E-state index contributed by atoms with van der Waals surface area (Å²) in [5, 5.41) is 20.2. The molecule has 0 rings (SSSR count). The molecule has 0 spiro atoms.